The molecule has 0 bridgehead atoms. The molecule has 2 saturated heterocycles. The minimum absolute atomic E-state index is 0.122. The van der Waals surface area contributed by atoms with Crippen molar-refractivity contribution in [3.63, 3.8) is 0 Å². The van der Waals surface area contributed by atoms with Crippen molar-refractivity contribution in [1.82, 2.24) is 10.2 Å². The van der Waals surface area contributed by atoms with Gasteiger partial charge in [0.05, 0.1) is 12.5 Å². The van der Waals surface area contributed by atoms with Gasteiger partial charge < -0.3 is 14.7 Å². The van der Waals surface area contributed by atoms with E-state index in [9.17, 15) is 14.7 Å². The van der Waals surface area contributed by atoms with Crippen LogP contribution in [0, 0.1) is 0 Å². The normalized spacial score (nSPS) is 22.2. The number of aromatic hydroxyl groups is 1. The Bertz CT molecular complexity index is 1650. The molecule has 0 spiro atoms. The number of nitrogens with zero attached hydrogens (tertiary/aromatic N) is 2. The fourth-order valence-electron chi connectivity index (χ4n) is 7.10. The van der Waals surface area contributed by atoms with E-state index < -0.39 is 0 Å². The molecule has 3 aliphatic heterocycles. The summed E-state index contributed by atoms with van der Waals surface area (Å²) in [4.78, 5) is 29.1. The third-order valence-corrected chi connectivity index (χ3v) is 9.43. The fraction of sp³-hybridized carbons (Fsp3) is 0.297. The number of amides is 2. The smallest absolute Gasteiger partial charge is 0.234 e. The summed E-state index contributed by atoms with van der Waals surface area (Å²) in [7, 11) is 0. The summed E-state index contributed by atoms with van der Waals surface area (Å²) in [6.45, 7) is 5.05. The van der Waals surface area contributed by atoms with Crippen molar-refractivity contribution in [2.45, 2.75) is 37.1 Å². The van der Waals surface area contributed by atoms with Gasteiger partial charge in [-0.05, 0) is 46.9 Å². The van der Waals surface area contributed by atoms with Gasteiger partial charge in [-0.15, -0.1) is 0 Å². The zero-order valence-corrected chi connectivity index (χ0v) is 24.7. The van der Waals surface area contributed by atoms with Gasteiger partial charge >= 0.3 is 0 Å². The Morgan fingerprint density at radius 1 is 0.795 bits per heavy atom. The van der Waals surface area contributed by atoms with Crippen LogP contribution in [0.1, 0.15) is 58.4 Å². The Kier molecular flexibility index (Phi) is 7.79. The first-order valence-electron chi connectivity index (χ1n) is 15.5. The van der Waals surface area contributed by atoms with Crippen LogP contribution in [0.4, 0.5) is 5.69 Å². The number of ether oxygens (including phenoxy) is 1. The predicted octanol–water partition coefficient (Wildman–Crippen LogP) is 5.54. The molecule has 4 aromatic rings. The minimum Gasteiger partial charge on any atom is -0.508 e. The first-order chi connectivity index (χ1) is 21.5. The molecule has 0 aliphatic carbocycles. The summed E-state index contributed by atoms with van der Waals surface area (Å²) in [6.07, 6.45) is 0.958. The van der Waals surface area contributed by atoms with Crippen LogP contribution in [0.3, 0.4) is 0 Å². The van der Waals surface area contributed by atoms with Crippen LogP contribution < -0.4 is 15.0 Å². The number of piperazine rings is 1. The average Bonchev–Trinajstić information content (AvgIpc) is 3.05. The second-order valence-electron chi connectivity index (χ2n) is 12.1. The summed E-state index contributed by atoms with van der Waals surface area (Å²) in [5.74, 6) is 0.638. The quantitative estimate of drug-likeness (QED) is 0.288. The van der Waals surface area contributed by atoms with E-state index in [2.05, 4.69) is 69.7 Å². The van der Waals surface area contributed by atoms with Crippen LogP contribution in [-0.2, 0) is 16.1 Å². The molecule has 1 unspecified atom stereocenters. The van der Waals surface area contributed by atoms with Crippen molar-refractivity contribution in [3.8, 4) is 11.5 Å². The van der Waals surface area contributed by atoms with Crippen molar-refractivity contribution in [1.29, 1.82) is 0 Å². The second kappa shape index (κ2) is 12.2. The lowest BCUT2D eigenvalue weighted by Gasteiger charge is -2.37. The van der Waals surface area contributed by atoms with Crippen molar-refractivity contribution >= 4 is 17.5 Å². The molecular formula is C37H37N3O4. The second-order valence-corrected chi connectivity index (χ2v) is 12.1. The van der Waals surface area contributed by atoms with Crippen LogP contribution in [0.15, 0.2) is 97.1 Å². The lowest BCUT2D eigenvalue weighted by molar-refractivity contribution is -0.134. The lowest BCUT2D eigenvalue weighted by atomic mass is 9.76. The molecule has 3 atom stereocenters. The summed E-state index contributed by atoms with van der Waals surface area (Å²) in [5, 5.41) is 12.6. The molecule has 3 heterocycles. The molecule has 3 aliphatic rings. The first kappa shape index (κ1) is 28.2. The largest absolute Gasteiger partial charge is 0.508 e. The number of phenols is 1. The molecular weight excluding hydrogens is 550 g/mol. The van der Waals surface area contributed by atoms with Crippen LogP contribution in [-0.4, -0.2) is 54.6 Å². The molecule has 44 heavy (non-hydrogen) atoms. The molecule has 0 saturated carbocycles. The van der Waals surface area contributed by atoms with E-state index in [-0.39, 0.29) is 35.3 Å². The van der Waals surface area contributed by atoms with E-state index in [1.54, 1.807) is 12.1 Å². The zero-order valence-electron chi connectivity index (χ0n) is 24.7. The summed E-state index contributed by atoms with van der Waals surface area (Å²) in [6, 6.07) is 33.1. The van der Waals surface area contributed by atoms with Crippen LogP contribution in [0.25, 0.3) is 0 Å². The number of imide groups is 1. The number of benzene rings is 4. The standard InChI is InChI=1S/C37H37N3O4/c41-29-14-15-32-34(22-29)44-24-33(25-6-2-1-3-7-25)36(32)26-10-12-28(13-11-26)40-20-18-39(19-21-40)23-27-8-4-5-9-30(27)31-16-17-35(42)38-37(31)43/h1-15,22,31,33,36,41H,16-21,23-24H2,(H,38,42,43)/t31?,33-,36-/m1/s1. The molecule has 4 aromatic carbocycles. The highest BCUT2D eigenvalue weighted by atomic mass is 16.5. The average molecular weight is 588 g/mol. The maximum absolute atomic E-state index is 12.6. The number of hydrogen-bond donors (Lipinski definition) is 2. The number of anilines is 1. The maximum atomic E-state index is 12.6. The molecule has 7 heteroatoms. The van der Waals surface area contributed by atoms with E-state index in [0.29, 0.717) is 19.4 Å². The number of piperidine rings is 1. The lowest BCUT2D eigenvalue weighted by Crippen LogP contribution is -2.46. The van der Waals surface area contributed by atoms with E-state index in [4.69, 9.17) is 4.74 Å². The highest BCUT2D eigenvalue weighted by molar-refractivity contribution is 6.01. The molecule has 0 radical (unpaired) electrons. The molecule has 7 nitrogen and oxygen atoms in total. The molecule has 0 aromatic heterocycles. The highest BCUT2D eigenvalue weighted by Gasteiger charge is 2.34. The number of fused-ring (bicyclic) bond motifs is 1. The van der Waals surface area contributed by atoms with Crippen LogP contribution >= 0.6 is 0 Å². The third-order valence-electron chi connectivity index (χ3n) is 9.43. The Labute approximate surface area is 258 Å². The third kappa shape index (κ3) is 5.67. The Balaban J connectivity index is 1.05. The summed E-state index contributed by atoms with van der Waals surface area (Å²) in [5.41, 5.74) is 7.00. The highest BCUT2D eigenvalue weighted by Crippen LogP contribution is 2.47. The van der Waals surface area contributed by atoms with E-state index in [1.807, 2.05) is 30.3 Å². The van der Waals surface area contributed by atoms with Gasteiger partial charge in [0.15, 0.2) is 0 Å². The Morgan fingerprint density at radius 3 is 2.32 bits per heavy atom. The molecule has 7 rings (SSSR count). The van der Waals surface area contributed by atoms with E-state index in [1.165, 1.54) is 16.8 Å². The van der Waals surface area contributed by atoms with Gasteiger partial charge in [0, 0.05) is 68.3 Å². The van der Waals surface area contributed by atoms with Crippen molar-refractivity contribution in [2.24, 2.45) is 0 Å². The number of nitrogens with one attached hydrogen (secondary N) is 1. The summed E-state index contributed by atoms with van der Waals surface area (Å²) >= 11 is 0. The molecule has 224 valence electrons. The monoisotopic (exact) mass is 587 g/mol. The Morgan fingerprint density at radius 2 is 1.55 bits per heavy atom. The predicted molar refractivity (Wildman–Crippen MR) is 170 cm³/mol. The minimum atomic E-state index is -0.265. The first-order valence-corrected chi connectivity index (χ1v) is 15.5. The van der Waals surface area contributed by atoms with Gasteiger partial charge in [-0.1, -0.05) is 72.8 Å². The molecule has 2 N–H and O–H groups in total. The van der Waals surface area contributed by atoms with Gasteiger partial charge in [-0.3, -0.25) is 19.8 Å². The molecule has 2 amide bonds. The van der Waals surface area contributed by atoms with Crippen LogP contribution in [0.2, 0.25) is 0 Å². The van der Waals surface area contributed by atoms with E-state index in [0.717, 1.165) is 55.2 Å². The van der Waals surface area contributed by atoms with E-state index >= 15 is 0 Å². The number of carbonyl (C=O) groups excluding carboxylic acids is 2. The summed E-state index contributed by atoms with van der Waals surface area (Å²) < 4.78 is 6.14. The van der Waals surface area contributed by atoms with Crippen molar-refractivity contribution in [3.05, 3.63) is 125 Å². The van der Waals surface area contributed by atoms with Gasteiger partial charge in [0.2, 0.25) is 11.8 Å². The topological polar surface area (TPSA) is 82.1 Å². The van der Waals surface area contributed by atoms with Crippen molar-refractivity contribution < 1.29 is 19.4 Å². The maximum Gasteiger partial charge on any atom is 0.234 e. The molecule has 2 fully saturated rings. The SMILES string of the molecule is O=C1CCC(c2ccccc2CN2CCN(c3ccc([C@@H]4c5ccc(O)cc5OC[C@@H]4c4ccccc4)cc3)CC2)C(=O)N1. The van der Waals surface area contributed by atoms with Gasteiger partial charge in [-0.25, -0.2) is 0 Å². The number of carbonyl (C=O) groups is 2. The Hall–Kier alpha value is -4.62. The van der Waals surface area contributed by atoms with Crippen LogP contribution in [0.5, 0.6) is 11.5 Å². The fourth-order valence-corrected chi connectivity index (χ4v) is 7.10. The number of phenolic OH excluding ortho intramolecular Hbond substituents is 1. The van der Waals surface area contributed by atoms with Gasteiger partial charge in [0.1, 0.15) is 11.5 Å². The number of rotatable bonds is 6. The van der Waals surface area contributed by atoms with Gasteiger partial charge in [-0.2, -0.15) is 0 Å². The van der Waals surface area contributed by atoms with Crippen molar-refractivity contribution in [2.75, 3.05) is 37.7 Å². The number of hydrogen-bond acceptors (Lipinski definition) is 6. The zero-order chi connectivity index (χ0) is 30.0. The van der Waals surface area contributed by atoms with Gasteiger partial charge in [0.25, 0.3) is 0 Å².